The molecule has 1 aromatic heterocycles. The van der Waals surface area contributed by atoms with Gasteiger partial charge in [-0.3, -0.25) is 5.01 Å². The highest BCUT2D eigenvalue weighted by Crippen LogP contribution is 2.05. The Labute approximate surface area is 133 Å². The van der Waals surface area contributed by atoms with Gasteiger partial charge < -0.3 is 10.3 Å². The van der Waals surface area contributed by atoms with Crippen molar-refractivity contribution >= 4 is 17.4 Å². The highest BCUT2D eigenvalue weighted by atomic mass is 32.2. The van der Waals surface area contributed by atoms with E-state index in [1.165, 1.54) is 0 Å². The first kappa shape index (κ1) is 16.4. The van der Waals surface area contributed by atoms with Crippen LogP contribution < -0.4 is 5.73 Å². The lowest BCUT2D eigenvalue weighted by Gasteiger charge is -2.16. The Morgan fingerprint density at radius 3 is 2.77 bits per heavy atom. The molecule has 7 heteroatoms. The van der Waals surface area contributed by atoms with E-state index in [4.69, 9.17) is 5.73 Å². The fourth-order valence-electron chi connectivity index (χ4n) is 1.82. The zero-order chi connectivity index (χ0) is 15.8. The molecule has 0 saturated heterocycles. The third-order valence-electron chi connectivity index (χ3n) is 2.91. The molecule has 0 aliphatic carbocycles. The van der Waals surface area contributed by atoms with E-state index >= 15 is 0 Å². The first-order valence-corrected chi connectivity index (χ1v) is 8.41. The minimum Gasteiger partial charge on any atom is -0.609 e. The quantitative estimate of drug-likeness (QED) is 0.272. The average Bonchev–Trinajstić information content (AvgIpc) is 2.55. The highest BCUT2D eigenvalue weighted by Gasteiger charge is 2.08. The number of hydrogen-bond donors (Lipinski definition) is 1. The lowest BCUT2D eigenvalue weighted by molar-refractivity contribution is 0.289. The van der Waals surface area contributed by atoms with Gasteiger partial charge in [-0.15, -0.1) is 0 Å². The van der Waals surface area contributed by atoms with Gasteiger partial charge in [-0.05, 0) is 11.6 Å². The lowest BCUT2D eigenvalue weighted by atomic mass is 10.2. The first-order valence-electron chi connectivity index (χ1n) is 6.86. The van der Waals surface area contributed by atoms with E-state index in [2.05, 4.69) is 15.1 Å². The Morgan fingerprint density at radius 1 is 1.32 bits per heavy atom. The number of nitrogens with two attached hydrogens (primary N) is 1. The van der Waals surface area contributed by atoms with Crippen LogP contribution in [0.2, 0.25) is 0 Å². The summed E-state index contributed by atoms with van der Waals surface area (Å²) >= 11 is -1.18. The minimum atomic E-state index is -1.18. The van der Waals surface area contributed by atoms with Crippen LogP contribution in [0.5, 0.6) is 0 Å². The predicted octanol–water partition coefficient (Wildman–Crippen LogP) is 1.16. The van der Waals surface area contributed by atoms with E-state index in [0.29, 0.717) is 24.8 Å². The molecule has 0 aliphatic rings. The van der Waals surface area contributed by atoms with Crippen molar-refractivity contribution in [1.82, 2.24) is 15.0 Å². The molecule has 1 aromatic carbocycles. The lowest BCUT2D eigenvalue weighted by Crippen LogP contribution is -2.24. The highest BCUT2D eigenvalue weighted by molar-refractivity contribution is 7.90. The van der Waals surface area contributed by atoms with Crippen molar-refractivity contribution in [3.05, 3.63) is 53.9 Å². The molecular formula is C15H19N5OS. The van der Waals surface area contributed by atoms with E-state index in [1.807, 2.05) is 30.3 Å². The SMILES string of the molecule is C[S+]([O-])c1nccc(C/C=N\N(CN)Cc2ccccc2)n1. The molecule has 0 saturated carbocycles. The van der Waals surface area contributed by atoms with Crippen molar-refractivity contribution in [1.29, 1.82) is 0 Å². The van der Waals surface area contributed by atoms with Crippen molar-refractivity contribution in [2.45, 2.75) is 18.1 Å². The van der Waals surface area contributed by atoms with Crippen LogP contribution in [-0.2, 0) is 24.1 Å². The van der Waals surface area contributed by atoms with Crippen LogP contribution in [0.3, 0.4) is 0 Å². The summed E-state index contributed by atoms with van der Waals surface area (Å²) in [5, 5.41) is 6.47. The van der Waals surface area contributed by atoms with Crippen molar-refractivity contribution < 1.29 is 4.55 Å². The van der Waals surface area contributed by atoms with E-state index in [-0.39, 0.29) is 0 Å². The number of aromatic nitrogens is 2. The largest absolute Gasteiger partial charge is 0.609 e. The summed E-state index contributed by atoms with van der Waals surface area (Å²) in [5.74, 6) is 0. The topological polar surface area (TPSA) is 90.5 Å². The number of hydrazone groups is 1. The van der Waals surface area contributed by atoms with Crippen LogP contribution >= 0.6 is 0 Å². The van der Waals surface area contributed by atoms with Crippen LogP contribution in [-0.4, -0.2) is 38.7 Å². The number of hydrogen-bond acceptors (Lipinski definition) is 6. The van der Waals surface area contributed by atoms with Gasteiger partial charge in [-0.1, -0.05) is 30.3 Å². The fourth-order valence-corrected chi connectivity index (χ4v) is 2.28. The van der Waals surface area contributed by atoms with E-state index in [0.717, 1.165) is 11.3 Å². The van der Waals surface area contributed by atoms with Gasteiger partial charge in [0.2, 0.25) is 0 Å². The Balaban J connectivity index is 1.94. The standard InChI is InChI=1S/C15H19N5OS/c1-22(21)15-17-9-7-14(19-15)8-10-18-20(12-16)11-13-5-3-2-4-6-13/h2-7,9-10H,8,11-12,16H2,1H3/b18-10-. The molecule has 0 spiro atoms. The number of rotatable bonds is 7. The molecule has 116 valence electrons. The predicted molar refractivity (Wildman–Crippen MR) is 87.6 cm³/mol. The Morgan fingerprint density at radius 2 is 2.09 bits per heavy atom. The van der Waals surface area contributed by atoms with Gasteiger partial charge in [0.1, 0.15) is 6.26 Å². The maximum atomic E-state index is 11.4. The Kier molecular flexibility index (Phi) is 6.32. The van der Waals surface area contributed by atoms with Crippen LogP contribution in [0.1, 0.15) is 11.3 Å². The van der Waals surface area contributed by atoms with Gasteiger partial charge in [0.25, 0.3) is 0 Å². The van der Waals surface area contributed by atoms with Crippen LogP contribution in [0.4, 0.5) is 0 Å². The summed E-state index contributed by atoms with van der Waals surface area (Å²) in [6.45, 7) is 0.987. The van der Waals surface area contributed by atoms with E-state index in [9.17, 15) is 4.55 Å². The molecule has 22 heavy (non-hydrogen) atoms. The molecule has 1 unspecified atom stereocenters. The van der Waals surface area contributed by atoms with Crippen LogP contribution in [0, 0.1) is 0 Å². The second kappa shape index (κ2) is 8.47. The number of nitrogens with zero attached hydrogens (tertiary/aromatic N) is 4. The molecule has 6 nitrogen and oxygen atoms in total. The summed E-state index contributed by atoms with van der Waals surface area (Å²) in [6, 6.07) is 11.8. The molecule has 0 bridgehead atoms. The molecular weight excluding hydrogens is 298 g/mol. The van der Waals surface area contributed by atoms with Gasteiger partial charge in [-0.2, -0.15) is 15.1 Å². The Hall–Kier alpha value is -1.96. The molecule has 2 aromatic rings. The second-order valence-corrected chi connectivity index (χ2v) is 5.89. The van der Waals surface area contributed by atoms with Crippen molar-refractivity contribution in [2.24, 2.45) is 10.8 Å². The molecule has 0 fully saturated rings. The molecule has 0 amide bonds. The zero-order valence-electron chi connectivity index (χ0n) is 12.4. The van der Waals surface area contributed by atoms with Gasteiger partial charge >= 0.3 is 5.16 Å². The van der Waals surface area contributed by atoms with Gasteiger partial charge in [0.05, 0.1) is 18.9 Å². The van der Waals surface area contributed by atoms with E-state index < -0.39 is 11.2 Å². The molecule has 2 N–H and O–H groups in total. The normalized spacial score (nSPS) is 12.5. The first-order chi connectivity index (χ1) is 10.7. The fraction of sp³-hybridized carbons (Fsp3) is 0.267. The van der Waals surface area contributed by atoms with Gasteiger partial charge in [-0.25, -0.2) is 0 Å². The monoisotopic (exact) mass is 317 g/mol. The maximum absolute atomic E-state index is 11.4. The average molecular weight is 317 g/mol. The second-order valence-electron chi connectivity index (χ2n) is 4.62. The summed E-state index contributed by atoms with van der Waals surface area (Å²) in [5.41, 5.74) is 7.64. The van der Waals surface area contributed by atoms with E-state index in [1.54, 1.807) is 29.7 Å². The summed E-state index contributed by atoms with van der Waals surface area (Å²) < 4.78 is 11.4. The molecule has 1 heterocycles. The van der Waals surface area contributed by atoms with Crippen molar-refractivity contribution in [2.75, 3.05) is 12.9 Å². The molecule has 2 rings (SSSR count). The van der Waals surface area contributed by atoms with Crippen molar-refractivity contribution in [3.63, 3.8) is 0 Å². The molecule has 0 aliphatic heterocycles. The summed E-state index contributed by atoms with van der Waals surface area (Å²) in [6.07, 6.45) is 5.46. The summed E-state index contributed by atoms with van der Waals surface area (Å²) in [7, 11) is 0. The Bertz CT molecular complexity index is 606. The van der Waals surface area contributed by atoms with Gasteiger partial charge in [0.15, 0.2) is 0 Å². The number of benzene rings is 1. The van der Waals surface area contributed by atoms with Crippen LogP contribution in [0.15, 0.2) is 52.9 Å². The maximum Gasteiger partial charge on any atom is 0.342 e. The third kappa shape index (κ3) is 5.10. The van der Waals surface area contributed by atoms with Crippen LogP contribution in [0.25, 0.3) is 0 Å². The van der Waals surface area contributed by atoms with Gasteiger partial charge in [0, 0.05) is 30.0 Å². The third-order valence-corrected chi connectivity index (χ3v) is 3.62. The molecule has 0 radical (unpaired) electrons. The smallest absolute Gasteiger partial charge is 0.342 e. The summed E-state index contributed by atoms with van der Waals surface area (Å²) in [4.78, 5) is 8.19. The van der Waals surface area contributed by atoms with Crippen molar-refractivity contribution in [3.8, 4) is 0 Å². The zero-order valence-corrected chi connectivity index (χ0v) is 13.2. The minimum absolute atomic E-state index is 0.333. The molecule has 1 atom stereocenters.